The maximum absolute atomic E-state index is 12.2. The highest BCUT2D eigenvalue weighted by molar-refractivity contribution is 5.77. The highest BCUT2D eigenvalue weighted by Gasteiger charge is 2.15. The number of rotatable bonds is 4. The Labute approximate surface area is 120 Å². The van der Waals surface area contributed by atoms with Gasteiger partial charge in [0.15, 0.2) is 6.61 Å². The average Bonchev–Trinajstić information content (AvgIpc) is 2.44. The summed E-state index contributed by atoms with van der Waals surface area (Å²) in [6.45, 7) is 2.33. The van der Waals surface area contributed by atoms with Gasteiger partial charge >= 0.3 is 0 Å². The lowest BCUT2D eigenvalue weighted by molar-refractivity contribution is -0.133. The number of ether oxygens (including phenoxy) is 1. The minimum absolute atomic E-state index is 0.0880. The largest absolute Gasteiger partial charge is 0.484 e. The van der Waals surface area contributed by atoms with Crippen molar-refractivity contribution in [3.8, 4) is 5.75 Å². The first kappa shape index (κ1) is 14.9. The number of nitrogens with zero attached hydrogens (tertiary/aromatic N) is 1. The van der Waals surface area contributed by atoms with Gasteiger partial charge in [-0.05, 0) is 30.5 Å². The zero-order chi connectivity index (χ0) is 14.2. The second kappa shape index (κ2) is 7.90. The summed E-state index contributed by atoms with van der Waals surface area (Å²) in [5.41, 5.74) is 6.61. The van der Waals surface area contributed by atoms with E-state index in [0.29, 0.717) is 12.3 Å². The summed E-state index contributed by atoms with van der Waals surface area (Å²) in [5.74, 6) is 0.804. The van der Waals surface area contributed by atoms with Gasteiger partial charge < -0.3 is 15.4 Å². The van der Waals surface area contributed by atoms with Crippen molar-refractivity contribution >= 4 is 5.91 Å². The third-order valence-electron chi connectivity index (χ3n) is 3.71. The molecule has 2 rings (SSSR count). The molecule has 0 bridgehead atoms. The van der Waals surface area contributed by atoms with Gasteiger partial charge in [-0.15, -0.1) is 0 Å². The minimum Gasteiger partial charge on any atom is -0.484 e. The zero-order valence-electron chi connectivity index (χ0n) is 12.0. The molecule has 1 fully saturated rings. The normalized spacial score (nSPS) is 16.4. The Morgan fingerprint density at radius 1 is 1.15 bits per heavy atom. The number of carbonyl (C=O) groups is 1. The number of benzene rings is 1. The lowest BCUT2D eigenvalue weighted by atomic mass is 10.1. The summed E-state index contributed by atoms with van der Waals surface area (Å²) in [4.78, 5) is 14.1. The Morgan fingerprint density at radius 2 is 1.85 bits per heavy atom. The standard InChI is InChI=1S/C16H24N2O2/c17-12-14-7-6-8-15(11-14)20-13-16(19)18-9-4-2-1-3-5-10-18/h6-8,11H,1-5,9-10,12-13,17H2. The summed E-state index contributed by atoms with van der Waals surface area (Å²) in [5, 5.41) is 0. The van der Waals surface area contributed by atoms with E-state index in [4.69, 9.17) is 10.5 Å². The smallest absolute Gasteiger partial charge is 0.260 e. The fourth-order valence-electron chi connectivity index (χ4n) is 2.50. The van der Waals surface area contributed by atoms with Crippen LogP contribution in [0.2, 0.25) is 0 Å². The fraction of sp³-hybridized carbons (Fsp3) is 0.562. The van der Waals surface area contributed by atoms with E-state index >= 15 is 0 Å². The van der Waals surface area contributed by atoms with Gasteiger partial charge in [0.2, 0.25) is 0 Å². The molecule has 1 aromatic rings. The molecular weight excluding hydrogens is 252 g/mol. The van der Waals surface area contributed by atoms with Gasteiger partial charge in [-0.25, -0.2) is 0 Å². The lowest BCUT2D eigenvalue weighted by Gasteiger charge is -2.24. The van der Waals surface area contributed by atoms with E-state index in [0.717, 1.165) is 31.5 Å². The molecule has 1 heterocycles. The molecule has 1 aliphatic rings. The van der Waals surface area contributed by atoms with Crippen LogP contribution in [0, 0.1) is 0 Å². The van der Waals surface area contributed by atoms with Crippen molar-refractivity contribution in [3.05, 3.63) is 29.8 Å². The number of amides is 1. The third kappa shape index (κ3) is 4.53. The van der Waals surface area contributed by atoms with Crippen LogP contribution in [-0.4, -0.2) is 30.5 Å². The number of nitrogens with two attached hydrogens (primary N) is 1. The van der Waals surface area contributed by atoms with Crippen molar-refractivity contribution in [1.82, 2.24) is 4.90 Å². The van der Waals surface area contributed by atoms with Gasteiger partial charge in [-0.3, -0.25) is 4.79 Å². The zero-order valence-corrected chi connectivity index (χ0v) is 12.0. The molecule has 1 aromatic carbocycles. The van der Waals surface area contributed by atoms with Crippen LogP contribution >= 0.6 is 0 Å². The van der Waals surface area contributed by atoms with Crippen LogP contribution in [0.5, 0.6) is 5.75 Å². The Hall–Kier alpha value is -1.55. The highest BCUT2D eigenvalue weighted by atomic mass is 16.5. The van der Waals surface area contributed by atoms with Gasteiger partial charge in [0.05, 0.1) is 0 Å². The van der Waals surface area contributed by atoms with Crippen LogP contribution < -0.4 is 10.5 Å². The summed E-state index contributed by atoms with van der Waals surface area (Å²) in [6, 6.07) is 7.60. The van der Waals surface area contributed by atoms with Crippen LogP contribution in [0.15, 0.2) is 24.3 Å². The molecule has 1 saturated heterocycles. The first-order valence-electron chi connectivity index (χ1n) is 7.49. The number of likely N-dealkylation sites (tertiary alicyclic amines) is 1. The van der Waals surface area contributed by atoms with Crippen LogP contribution in [0.25, 0.3) is 0 Å². The molecule has 2 N–H and O–H groups in total. The Morgan fingerprint density at radius 3 is 2.55 bits per heavy atom. The number of hydrogen-bond donors (Lipinski definition) is 1. The molecule has 0 unspecified atom stereocenters. The van der Waals surface area contributed by atoms with Crippen molar-refractivity contribution in [2.75, 3.05) is 19.7 Å². The monoisotopic (exact) mass is 276 g/mol. The summed E-state index contributed by atoms with van der Waals surface area (Å²) < 4.78 is 5.59. The first-order chi connectivity index (χ1) is 9.79. The lowest BCUT2D eigenvalue weighted by Crippen LogP contribution is -2.37. The maximum Gasteiger partial charge on any atom is 0.260 e. The second-order valence-electron chi connectivity index (χ2n) is 5.29. The summed E-state index contributed by atoms with van der Waals surface area (Å²) in [6.07, 6.45) is 5.96. The molecule has 110 valence electrons. The minimum atomic E-state index is 0.0880. The predicted molar refractivity (Wildman–Crippen MR) is 79.5 cm³/mol. The van der Waals surface area contributed by atoms with Gasteiger partial charge in [-0.2, -0.15) is 0 Å². The van der Waals surface area contributed by atoms with Crippen LogP contribution in [0.3, 0.4) is 0 Å². The van der Waals surface area contributed by atoms with Gasteiger partial charge in [0.25, 0.3) is 5.91 Å². The molecule has 1 aliphatic heterocycles. The average molecular weight is 276 g/mol. The molecule has 0 aliphatic carbocycles. The Bertz CT molecular complexity index is 426. The van der Waals surface area contributed by atoms with E-state index in [2.05, 4.69) is 0 Å². The molecule has 20 heavy (non-hydrogen) atoms. The van der Waals surface area contributed by atoms with Crippen LogP contribution in [0.4, 0.5) is 0 Å². The van der Waals surface area contributed by atoms with Crippen molar-refractivity contribution in [1.29, 1.82) is 0 Å². The topological polar surface area (TPSA) is 55.6 Å². The van der Waals surface area contributed by atoms with Crippen molar-refractivity contribution < 1.29 is 9.53 Å². The maximum atomic E-state index is 12.2. The molecule has 0 spiro atoms. The molecule has 0 aromatic heterocycles. The van der Waals surface area contributed by atoms with Crippen LogP contribution in [-0.2, 0) is 11.3 Å². The van der Waals surface area contributed by atoms with Crippen molar-refractivity contribution in [3.63, 3.8) is 0 Å². The van der Waals surface area contributed by atoms with E-state index in [1.807, 2.05) is 29.2 Å². The third-order valence-corrected chi connectivity index (χ3v) is 3.71. The van der Waals surface area contributed by atoms with E-state index in [1.54, 1.807) is 0 Å². The predicted octanol–water partition coefficient (Wildman–Crippen LogP) is 2.32. The molecule has 4 heteroatoms. The molecule has 4 nitrogen and oxygen atoms in total. The number of carbonyl (C=O) groups excluding carboxylic acids is 1. The van der Waals surface area contributed by atoms with Crippen LogP contribution in [0.1, 0.15) is 37.7 Å². The molecular formula is C16H24N2O2. The summed E-state index contributed by atoms with van der Waals surface area (Å²) in [7, 11) is 0. The van der Waals surface area contributed by atoms with E-state index in [1.165, 1.54) is 19.3 Å². The summed E-state index contributed by atoms with van der Waals surface area (Å²) >= 11 is 0. The van der Waals surface area contributed by atoms with Gasteiger partial charge in [0, 0.05) is 19.6 Å². The van der Waals surface area contributed by atoms with E-state index < -0.39 is 0 Å². The Balaban J connectivity index is 1.83. The van der Waals surface area contributed by atoms with Crippen molar-refractivity contribution in [2.45, 2.75) is 38.6 Å². The van der Waals surface area contributed by atoms with Gasteiger partial charge in [0.1, 0.15) is 5.75 Å². The van der Waals surface area contributed by atoms with E-state index in [-0.39, 0.29) is 12.5 Å². The van der Waals surface area contributed by atoms with E-state index in [9.17, 15) is 4.79 Å². The molecule has 0 radical (unpaired) electrons. The van der Waals surface area contributed by atoms with Crippen molar-refractivity contribution in [2.24, 2.45) is 5.73 Å². The van der Waals surface area contributed by atoms with Gasteiger partial charge in [-0.1, -0.05) is 31.4 Å². The Kier molecular flexibility index (Phi) is 5.87. The first-order valence-corrected chi connectivity index (χ1v) is 7.49. The quantitative estimate of drug-likeness (QED) is 0.918. The highest BCUT2D eigenvalue weighted by Crippen LogP contribution is 2.14. The molecule has 0 saturated carbocycles. The molecule has 1 amide bonds. The number of hydrogen-bond acceptors (Lipinski definition) is 3. The second-order valence-corrected chi connectivity index (χ2v) is 5.29. The molecule has 0 atom stereocenters. The SMILES string of the molecule is NCc1cccc(OCC(=O)N2CCCCCCC2)c1. The fourth-order valence-corrected chi connectivity index (χ4v) is 2.50.